The van der Waals surface area contributed by atoms with Crippen molar-refractivity contribution in [1.82, 2.24) is 9.97 Å². The molecule has 1 aliphatic carbocycles. The molecule has 1 saturated carbocycles. The highest BCUT2D eigenvalue weighted by Crippen LogP contribution is 2.26. The third-order valence-corrected chi connectivity index (χ3v) is 4.10. The first-order valence-corrected chi connectivity index (χ1v) is 7.58. The van der Waals surface area contributed by atoms with Crippen LogP contribution in [0.25, 0.3) is 11.4 Å². The van der Waals surface area contributed by atoms with Gasteiger partial charge in [0.05, 0.1) is 0 Å². The van der Waals surface area contributed by atoms with Crippen LogP contribution in [0.15, 0.2) is 30.5 Å². The molecular weight excluding hydrogens is 278 g/mol. The molecule has 0 aliphatic heterocycles. The summed E-state index contributed by atoms with van der Waals surface area (Å²) in [6.45, 7) is 1.99. The van der Waals surface area contributed by atoms with Crippen LogP contribution in [0.5, 0.6) is 0 Å². The van der Waals surface area contributed by atoms with Gasteiger partial charge >= 0.3 is 5.97 Å². The van der Waals surface area contributed by atoms with Crippen molar-refractivity contribution >= 4 is 11.8 Å². The van der Waals surface area contributed by atoms with Crippen molar-refractivity contribution in [2.45, 2.75) is 38.6 Å². The molecule has 1 aliphatic rings. The second-order valence-corrected chi connectivity index (χ2v) is 5.70. The summed E-state index contributed by atoms with van der Waals surface area (Å²) < 4.78 is 0. The van der Waals surface area contributed by atoms with Gasteiger partial charge in [-0.3, -0.25) is 0 Å². The summed E-state index contributed by atoms with van der Waals surface area (Å²) in [4.78, 5) is 20.1. The van der Waals surface area contributed by atoms with Gasteiger partial charge in [-0.2, -0.15) is 0 Å². The maximum Gasteiger partial charge on any atom is 0.341 e. The van der Waals surface area contributed by atoms with Crippen LogP contribution in [-0.4, -0.2) is 27.1 Å². The average molecular weight is 297 g/mol. The lowest BCUT2D eigenvalue weighted by atomic mass is 10.1. The zero-order chi connectivity index (χ0) is 15.5. The quantitative estimate of drug-likeness (QED) is 0.903. The zero-order valence-electron chi connectivity index (χ0n) is 12.5. The van der Waals surface area contributed by atoms with Gasteiger partial charge in [-0.1, -0.05) is 37.1 Å². The van der Waals surface area contributed by atoms with E-state index in [4.69, 9.17) is 0 Å². The third-order valence-electron chi connectivity index (χ3n) is 4.10. The van der Waals surface area contributed by atoms with Crippen molar-refractivity contribution < 1.29 is 9.90 Å². The molecule has 1 heterocycles. The fourth-order valence-electron chi connectivity index (χ4n) is 2.87. The molecule has 22 heavy (non-hydrogen) atoms. The minimum absolute atomic E-state index is 0.129. The van der Waals surface area contributed by atoms with Gasteiger partial charge in [-0.15, -0.1) is 0 Å². The molecule has 1 fully saturated rings. The molecule has 3 rings (SSSR count). The Kier molecular flexibility index (Phi) is 4.04. The number of anilines is 1. The molecule has 0 spiro atoms. The molecule has 5 heteroatoms. The first-order valence-electron chi connectivity index (χ1n) is 7.58. The van der Waals surface area contributed by atoms with E-state index in [9.17, 15) is 9.90 Å². The summed E-state index contributed by atoms with van der Waals surface area (Å²) in [5, 5.41) is 12.6. The fraction of sp³-hybridized carbons (Fsp3) is 0.353. The molecule has 114 valence electrons. The summed E-state index contributed by atoms with van der Waals surface area (Å²) >= 11 is 0. The van der Waals surface area contributed by atoms with Gasteiger partial charge in [0.25, 0.3) is 0 Å². The average Bonchev–Trinajstić information content (AvgIpc) is 3.00. The van der Waals surface area contributed by atoms with Crippen LogP contribution in [-0.2, 0) is 0 Å². The molecule has 2 aromatic rings. The van der Waals surface area contributed by atoms with Crippen molar-refractivity contribution in [2.75, 3.05) is 5.32 Å². The Balaban J connectivity index is 1.99. The Labute approximate surface area is 129 Å². The Morgan fingerprint density at radius 2 is 2.00 bits per heavy atom. The van der Waals surface area contributed by atoms with Gasteiger partial charge in [-0.05, 0) is 25.3 Å². The second kappa shape index (κ2) is 6.13. The number of carboxylic acid groups (broad SMARTS) is 1. The van der Waals surface area contributed by atoms with E-state index < -0.39 is 5.97 Å². The lowest BCUT2D eigenvalue weighted by Crippen LogP contribution is -2.19. The lowest BCUT2D eigenvalue weighted by Gasteiger charge is -2.15. The van der Waals surface area contributed by atoms with Crippen molar-refractivity contribution in [3.63, 3.8) is 0 Å². The number of rotatable bonds is 4. The minimum atomic E-state index is -1.00. The highest BCUT2D eigenvalue weighted by Gasteiger charge is 2.20. The number of hydrogen-bond acceptors (Lipinski definition) is 4. The number of aromatic nitrogens is 2. The third kappa shape index (κ3) is 2.93. The fourth-order valence-corrected chi connectivity index (χ4v) is 2.87. The predicted octanol–water partition coefficient (Wildman–Crippen LogP) is 3.50. The lowest BCUT2D eigenvalue weighted by molar-refractivity contribution is 0.0697. The van der Waals surface area contributed by atoms with E-state index in [0.717, 1.165) is 24.0 Å². The molecule has 0 unspecified atom stereocenters. The summed E-state index contributed by atoms with van der Waals surface area (Å²) in [5.74, 6) is -0.0203. The highest BCUT2D eigenvalue weighted by molar-refractivity contribution is 5.93. The van der Waals surface area contributed by atoms with E-state index >= 15 is 0 Å². The van der Waals surface area contributed by atoms with E-state index in [1.165, 1.54) is 19.0 Å². The molecule has 0 amide bonds. The number of carbonyl (C=O) groups is 1. The van der Waals surface area contributed by atoms with Crippen molar-refractivity contribution in [3.8, 4) is 11.4 Å². The van der Waals surface area contributed by atoms with Gasteiger partial charge in [0, 0.05) is 17.8 Å². The van der Waals surface area contributed by atoms with Gasteiger partial charge in [-0.25, -0.2) is 14.8 Å². The molecule has 0 bridgehead atoms. The van der Waals surface area contributed by atoms with Crippen LogP contribution in [0.2, 0.25) is 0 Å². The SMILES string of the molecule is Cc1ccccc1-c1ncc(C(=O)O)c(NC2CCCC2)n1. The van der Waals surface area contributed by atoms with E-state index in [-0.39, 0.29) is 5.56 Å². The monoisotopic (exact) mass is 297 g/mol. The van der Waals surface area contributed by atoms with Crippen LogP contribution in [0, 0.1) is 6.92 Å². The first kappa shape index (κ1) is 14.5. The summed E-state index contributed by atoms with van der Waals surface area (Å²) in [7, 11) is 0. The molecule has 0 radical (unpaired) electrons. The van der Waals surface area contributed by atoms with E-state index in [1.807, 2.05) is 31.2 Å². The standard InChI is InChI=1S/C17H19N3O2/c1-11-6-2-5-9-13(11)15-18-10-14(17(21)22)16(20-15)19-12-7-3-4-8-12/h2,5-6,9-10,12H,3-4,7-8H2,1H3,(H,21,22)(H,18,19,20). The number of aromatic carboxylic acids is 1. The Bertz CT molecular complexity index is 694. The van der Waals surface area contributed by atoms with Crippen molar-refractivity contribution in [3.05, 3.63) is 41.6 Å². The van der Waals surface area contributed by atoms with E-state index in [2.05, 4.69) is 15.3 Å². The maximum atomic E-state index is 11.4. The van der Waals surface area contributed by atoms with Crippen LogP contribution < -0.4 is 5.32 Å². The molecule has 2 N–H and O–H groups in total. The van der Waals surface area contributed by atoms with Crippen LogP contribution >= 0.6 is 0 Å². The summed E-state index contributed by atoms with van der Waals surface area (Å²) in [5.41, 5.74) is 2.12. The molecule has 5 nitrogen and oxygen atoms in total. The van der Waals surface area contributed by atoms with Gasteiger partial charge < -0.3 is 10.4 Å². The Morgan fingerprint density at radius 3 is 2.68 bits per heavy atom. The van der Waals surface area contributed by atoms with Crippen LogP contribution in [0.3, 0.4) is 0 Å². The number of aryl methyl sites for hydroxylation is 1. The molecule has 0 atom stereocenters. The van der Waals surface area contributed by atoms with E-state index in [1.54, 1.807) is 0 Å². The van der Waals surface area contributed by atoms with Gasteiger partial charge in [0.15, 0.2) is 5.82 Å². The van der Waals surface area contributed by atoms with E-state index in [0.29, 0.717) is 17.7 Å². The van der Waals surface area contributed by atoms with Crippen molar-refractivity contribution in [2.24, 2.45) is 0 Å². The largest absolute Gasteiger partial charge is 0.477 e. The minimum Gasteiger partial charge on any atom is -0.477 e. The smallest absolute Gasteiger partial charge is 0.341 e. The topological polar surface area (TPSA) is 75.1 Å². The van der Waals surface area contributed by atoms with Crippen LogP contribution in [0.4, 0.5) is 5.82 Å². The maximum absolute atomic E-state index is 11.4. The number of nitrogens with one attached hydrogen (secondary N) is 1. The second-order valence-electron chi connectivity index (χ2n) is 5.70. The summed E-state index contributed by atoms with van der Waals surface area (Å²) in [6, 6.07) is 8.14. The Hall–Kier alpha value is -2.43. The number of nitrogens with zero attached hydrogens (tertiary/aromatic N) is 2. The highest BCUT2D eigenvalue weighted by atomic mass is 16.4. The molecule has 1 aromatic heterocycles. The Morgan fingerprint density at radius 1 is 1.27 bits per heavy atom. The molecule has 1 aromatic carbocycles. The zero-order valence-corrected chi connectivity index (χ0v) is 12.5. The number of carboxylic acids is 1. The molecule has 0 saturated heterocycles. The molecular formula is C17H19N3O2. The number of benzene rings is 1. The first-order chi connectivity index (χ1) is 10.6. The van der Waals surface area contributed by atoms with Crippen LogP contribution in [0.1, 0.15) is 41.6 Å². The summed E-state index contributed by atoms with van der Waals surface area (Å²) in [6.07, 6.45) is 5.87. The predicted molar refractivity (Wildman–Crippen MR) is 85.0 cm³/mol. The normalized spacial score (nSPS) is 15.0. The van der Waals surface area contributed by atoms with Gasteiger partial charge in [0.2, 0.25) is 0 Å². The van der Waals surface area contributed by atoms with Crippen molar-refractivity contribution in [1.29, 1.82) is 0 Å². The van der Waals surface area contributed by atoms with Gasteiger partial charge in [0.1, 0.15) is 11.4 Å². The number of hydrogen-bond donors (Lipinski definition) is 2.